The molecule has 0 fully saturated rings. The van der Waals surface area contributed by atoms with Crippen LogP contribution in [0.4, 0.5) is 0 Å². The lowest BCUT2D eigenvalue weighted by Gasteiger charge is -2.12. The summed E-state index contributed by atoms with van der Waals surface area (Å²) in [4.78, 5) is 0. The van der Waals surface area contributed by atoms with Gasteiger partial charge in [-0.1, -0.05) is 0 Å². The van der Waals surface area contributed by atoms with E-state index in [2.05, 4.69) is 5.32 Å². The van der Waals surface area contributed by atoms with Crippen molar-refractivity contribution in [2.45, 2.75) is 18.7 Å². The molecule has 1 heterocycles. The topological polar surface area (TPSA) is 68.5 Å². The van der Waals surface area contributed by atoms with E-state index in [-0.39, 0.29) is 12.4 Å². The molecule has 1 aromatic rings. The molecule has 0 spiro atoms. The molecule has 1 aromatic heterocycles. The normalized spacial score (nSPS) is 13.8. The quantitative estimate of drug-likeness (QED) is 0.750. The average Bonchev–Trinajstić information content (AvgIpc) is 2.79. The van der Waals surface area contributed by atoms with E-state index in [0.717, 1.165) is 5.76 Å². The number of ether oxygens (including phenoxy) is 1. The third-order valence-electron chi connectivity index (χ3n) is 2.50. The van der Waals surface area contributed by atoms with Crippen LogP contribution in [0.25, 0.3) is 0 Å². The van der Waals surface area contributed by atoms with Crippen molar-refractivity contribution >= 4 is 9.84 Å². The van der Waals surface area contributed by atoms with Crippen molar-refractivity contribution < 1.29 is 17.6 Å². The van der Waals surface area contributed by atoms with Gasteiger partial charge in [0.05, 0.1) is 30.4 Å². The SMILES string of the molecule is COCCS(=O)(=O)C(C)CNCc1ccco1. The van der Waals surface area contributed by atoms with Crippen LogP contribution in [-0.2, 0) is 21.1 Å². The number of nitrogens with one attached hydrogen (secondary N) is 1. The number of furan rings is 1. The summed E-state index contributed by atoms with van der Waals surface area (Å²) in [7, 11) is -1.59. The van der Waals surface area contributed by atoms with E-state index >= 15 is 0 Å². The van der Waals surface area contributed by atoms with E-state index in [0.29, 0.717) is 13.1 Å². The molecule has 0 aliphatic heterocycles. The maximum Gasteiger partial charge on any atom is 0.156 e. The summed E-state index contributed by atoms with van der Waals surface area (Å²) in [5.41, 5.74) is 0. The Labute approximate surface area is 102 Å². The van der Waals surface area contributed by atoms with Crippen LogP contribution in [0.1, 0.15) is 12.7 Å². The minimum atomic E-state index is -3.08. The molecule has 0 aromatic carbocycles. The first-order chi connectivity index (χ1) is 8.06. The molecule has 0 radical (unpaired) electrons. The number of methoxy groups -OCH3 is 1. The molecule has 0 aliphatic carbocycles. The second kappa shape index (κ2) is 6.78. The smallest absolute Gasteiger partial charge is 0.156 e. The number of hydrogen-bond donors (Lipinski definition) is 1. The molecule has 17 heavy (non-hydrogen) atoms. The molecule has 0 saturated carbocycles. The van der Waals surface area contributed by atoms with Gasteiger partial charge in [-0.3, -0.25) is 0 Å². The van der Waals surface area contributed by atoms with Gasteiger partial charge in [-0.2, -0.15) is 0 Å². The standard InChI is InChI=1S/C11H19NO4S/c1-10(17(13,14)7-6-15-2)8-12-9-11-4-3-5-16-11/h3-5,10,12H,6-9H2,1-2H3. The van der Waals surface area contributed by atoms with Gasteiger partial charge in [-0.15, -0.1) is 0 Å². The van der Waals surface area contributed by atoms with Gasteiger partial charge < -0.3 is 14.5 Å². The Morgan fingerprint density at radius 1 is 1.53 bits per heavy atom. The predicted octanol–water partition coefficient (Wildman–Crippen LogP) is 0.819. The van der Waals surface area contributed by atoms with Gasteiger partial charge in [-0.25, -0.2) is 8.42 Å². The maximum atomic E-state index is 11.7. The molecule has 1 atom stereocenters. The fourth-order valence-corrected chi connectivity index (χ4v) is 2.51. The molecule has 0 saturated heterocycles. The van der Waals surface area contributed by atoms with Gasteiger partial charge in [0.25, 0.3) is 0 Å². The zero-order valence-electron chi connectivity index (χ0n) is 10.2. The third kappa shape index (κ3) is 4.89. The van der Waals surface area contributed by atoms with Crippen LogP contribution in [-0.4, -0.2) is 39.7 Å². The van der Waals surface area contributed by atoms with E-state index < -0.39 is 15.1 Å². The Morgan fingerprint density at radius 2 is 2.29 bits per heavy atom. The van der Waals surface area contributed by atoms with Crippen LogP contribution in [0.5, 0.6) is 0 Å². The van der Waals surface area contributed by atoms with Gasteiger partial charge in [-0.05, 0) is 19.1 Å². The van der Waals surface area contributed by atoms with Crippen molar-refractivity contribution in [2.75, 3.05) is 26.0 Å². The zero-order valence-corrected chi connectivity index (χ0v) is 11.0. The lowest BCUT2D eigenvalue weighted by atomic mass is 10.4. The fourth-order valence-electron chi connectivity index (χ4n) is 1.34. The highest BCUT2D eigenvalue weighted by Crippen LogP contribution is 2.03. The van der Waals surface area contributed by atoms with Crippen LogP contribution < -0.4 is 5.32 Å². The van der Waals surface area contributed by atoms with E-state index in [1.165, 1.54) is 7.11 Å². The third-order valence-corrected chi connectivity index (χ3v) is 4.62. The van der Waals surface area contributed by atoms with Crippen molar-refractivity contribution in [1.29, 1.82) is 0 Å². The fraction of sp³-hybridized carbons (Fsp3) is 0.636. The summed E-state index contributed by atoms with van der Waals surface area (Å²) < 4.78 is 33.4. The second-order valence-corrected chi connectivity index (χ2v) is 6.42. The van der Waals surface area contributed by atoms with Crippen LogP contribution in [0.3, 0.4) is 0 Å². The first-order valence-electron chi connectivity index (χ1n) is 5.50. The lowest BCUT2D eigenvalue weighted by Crippen LogP contribution is -2.33. The van der Waals surface area contributed by atoms with Crippen LogP contribution >= 0.6 is 0 Å². The zero-order chi connectivity index (χ0) is 12.7. The summed E-state index contributed by atoms with van der Waals surface area (Å²) in [6, 6.07) is 3.65. The van der Waals surface area contributed by atoms with Crippen molar-refractivity contribution in [3.63, 3.8) is 0 Å². The summed E-state index contributed by atoms with van der Waals surface area (Å²) in [6.45, 7) is 2.88. The molecule has 6 heteroatoms. The Kier molecular flexibility index (Phi) is 5.67. The largest absolute Gasteiger partial charge is 0.468 e. The molecule has 0 aliphatic rings. The van der Waals surface area contributed by atoms with Crippen molar-refractivity contribution in [3.05, 3.63) is 24.2 Å². The second-order valence-electron chi connectivity index (χ2n) is 3.88. The number of rotatable bonds is 8. The van der Waals surface area contributed by atoms with E-state index in [1.807, 2.05) is 6.07 Å². The first kappa shape index (κ1) is 14.2. The molecule has 0 amide bonds. The highest BCUT2D eigenvalue weighted by atomic mass is 32.2. The highest BCUT2D eigenvalue weighted by molar-refractivity contribution is 7.92. The first-order valence-corrected chi connectivity index (χ1v) is 7.21. The van der Waals surface area contributed by atoms with Gasteiger partial charge in [0.15, 0.2) is 9.84 Å². The van der Waals surface area contributed by atoms with Gasteiger partial charge in [0.2, 0.25) is 0 Å². The summed E-state index contributed by atoms with van der Waals surface area (Å²) >= 11 is 0. The van der Waals surface area contributed by atoms with Gasteiger partial charge in [0, 0.05) is 13.7 Å². The summed E-state index contributed by atoms with van der Waals surface area (Å²) in [5.74, 6) is 0.860. The predicted molar refractivity (Wildman–Crippen MR) is 65.5 cm³/mol. The molecule has 1 unspecified atom stereocenters. The maximum absolute atomic E-state index is 11.7. The van der Waals surface area contributed by atoms with E-state index in [4.69, 9.17) is 9.15 Å². The molecule has 0 bridgehead atoms. The summed E-state index contributed by atoms with van der Waals surface area (Å²) in [5, 5.41) is 2.63. The van der Waals surface area contributed by atoms with Crippen LogP contribution in [0.2, 0.25) is 0 Å². The molecular formula is C11H19NO4S. The molecule has 5 nitrogen and oxygen atoms in total. The van der Waals surface area contributed by atoms with Crippen LogP contribution in [0, 0.1) is 0 Å². The molecule has 1 N–H and O–H groups in total. The lowest BCUT2D eigenvalue weighted by molar-refractivity contribution is 0.217. The minimum absolute atomic E-state index is 0.0626. The van der Waals surface area contributed by atoms with E-state index in [1.54, 1.807) is 19.3 Å². The Hall–Kier alpha value is -0.850. The number of hydrogen-bond acceptors (Lipinski definition) is 5. The molecular weight excluding hydrogens is 242 g/mol. The van der Waals surface area contributed by atoms with Crippen molar-refractivity contribution in [1.82, 2.24) is 5.32 Å². The van der Waals surface area contributed by atoms with E-state index in [9.17, 15) is 8.42 Å². The Balaban J connectivity index is 2.31. The van der Waals surface area contributed by atoms with Gasteiger partial charge in [0.1, 0.15) is 5.76 Å². The van der Waals surface area contributed by atoms with Gasteiger partial charge >= 0.3 is 0 Å². The van der Waals surface area contributed by atoms with Crippen LogP contribution in [0.15, 0.2) is 22.8 Å². The Bertz CT molecular complexity index is 399. The average molecular weight is 261 g/mol. The van der Waals surface area contributed by atoms with Crippen molar-refractivity contribution in [2.24, 2.45) is 0 Å². The molecule has 98 valence electrons. The number of sulfone groups is 1. The molecule has 1 rings (SSSR count). The Morgan fingerprint density at radius 3 is 2.88 bits per heavy atom. The summed E-state index contributed by atoms with van der Waals surface area (Å²) in [6.07, 6.45) is 1.59. The monoisotopic (exact) mass is 261 g/mol. The highest BCUT2D eigenvalue weighted by Gasteiger charge is 2.19. The minimum Gasteiger partial charge on any atom is -0.468 e. The van der Waals surface area contributed by atoms with Crippen molar-refractivity contribution in [3.8, 4) is 0 Å².